The number of alkyl halides is 3. The van der Waals surface area contributed by atoms with Gasteiger partial charge < -0.3 is 5.32 Å². The Labute approximate surface area is 165 Å². The summed E-state index contributed by atoms with van der Waals surface area (Å²) in [5, 5.41) is 14.3. The van der Waals surface area contributed by atoms with E-state index in [1.807, 2.05) is 26.8 Å². The van der Waals surface area contributed by atoms with Crippen LogP contribution in [-0.2, 0) is 4.79 Å². The summed E-state index contributed by atoms with van der Waals surface area (Å²) in [6.45, 7) is 5.57. The van der Waals surface area contributed by atoms with Gasteiger partial charge in [-0.1, -0.05) is 48.8 Å². The fourth-order valence-electron chi connectivity index (χ4n) is 2.79. The van der Waals surface area contributed by atoms with E-state index < -0.39 is 29.7 Å². The number of halogens is 4. The molecule has 0 saturated heterocycles. The molecule has 148 valence electrons. The summed E-state index contributed by atoms with van der Waals surface area (Å²) in [6.07, 6.45) is -3.33. The van der Waals surface area contributed by atoms with Crippen molar-refractivity contribution >= 4 is 21.8 Å². The van der Waals surface area contributed by atoms with Crippen LogP contribution in [0, 0.1) is 16.7 Å². The molecule has 1 saturated carbocycles. The van der Waals surface area contributed by atoms with Gasteiger partial charge in [-0.15, -0.1) is 0 Å². The molecule has 1 aliphatic rings. The van der Waals surface area contributed by atoms with E-state index in [1.54, 1.807) is 0 Å². The van der Waals surface area contributed by atoms with Crippen molar-refractivity contribution in [1.82, 2.24) is 10.6 Å². The van der Waals surface area contributed by atoms with Crippen LogP contribution in [0.25, 0.3) is 0 Å². The lowest BCUT2D eigenvalue weighted by Gasteiger charge is -2.31. The van der Waals surface area contributed by atoms with Crippen LogP contribution in [0.5, 0.6) is 0 Å². The van der Waals surface area contributed by atoms with Crippen LogP contribution in [-0.4, -0.2) is 23.7 Å². The number of hydrogen-bond acceptors (Lipinski definition) is 3. The van der Waals surface area contributed by atoms with Gasteiger partial charge in [0, 0.05) is 4.47 Å². The second-order valence-corrected chi connectivity index (χ2v) is 9.11. The van der Waals surface area contributed by atoms with E-state index in [9.17, 15) is 18.0 Å². The van der Waals surface area contributed by atoms with Gasteiger partial charge in [0.15, 0.2) is 0 Å². The average Bonchev–Trinajstić information content (AvgIpc) is 3.30. The predicted molar refractivity (Wildman–Crippen MR) is 99.7 cm³/mol. The maximum atomic E-state index is 13.7. The molecule has 27 heavy (non-hydrogen) atoms. The van der Waals surface area contributed by atoms with Crippen molar-refractivity contribution in [2.45, 2.75) is 63.8 Å². The number of carbonyl (C=O) groups excluding carboxylic acids is 1. The molecule has 0 unspecified atom stereocenters. The first-order valence-corrected chi connectivity index (χ1v) is 9.46. The first-order chi connectivity index (χ1) is 12.4. The Morgan fingerprint density at radius 1 is 1.26 bits per heavy atom. The fraction of sp³-hybridized carbons (Fsp3) is 0.579. The molecule has 0 radical (unpaired) electrons. The molecule has 1 aromatic rings. The van der Waals surface area contributed by atoms with Crippen molar-refractivity contribution < 1.29 is 18.0 Å². The number of rotatable bonds is 6. The minimum absolute atomic E-state index is 0.0267. The van der Waals surface area contributed by atoms with Crippen LogP contribution in [0.2, 0.25) is 0 Å². The quantitative estimate of drug-likeness (QED) is 0.671. The maximum Gasteiger partial charge on any atom is 0.407 e. The van der Waals surface area contributed by atoms with E-state index in [0.717, 1.165) is 0 Å². The van der Waals surface area contributed by atoms with E-state index in [0.29, 0.717) is 17.3 Å². The Kier molecular flexibility index (Phi) is 6.27. The monoisotopic (exact) mass is 445 g/mol. The van der Waals surface area contributed by atoms with Gasteiger partial charge >= 0.3 is 6.18 Å². The molecule has 2 N–H and O–H groups in total. The Morgan fingerprint density at radius 3 is 2.22 bits per heavy atom. The average molecular weight is 446 g/mol. The summed E-state index contributed by atoms with van der Waals surface area (Å²) in [4.78, 5) is 12.7. The van der Waals surface area contributed by atoms with Gasteiger partial charge in [0.05, 0.1) is 12.1 Å². The Hall–Kier alpha value is -1.59. The molecule has 0 aromatic heterocycles. The van der Waals surface area contributed by atoms with E-state index in [2.05, 4.69) is 26.6 Å². The van der Waals surface area contributed by atoms with E-state index in [4.69, 9.17) is 5.26 Å². The van der Waals surface area contributed by atoms with Crippen LogP contribution in [0.1, 0.15) is 51.6 Å². The van der Waals surface area contributed by atoms with Crippen LogP contribution in [0.4, 0.5) is 13.2 Å². The number of nitrogens with zero attached hydrogens (tertiary/aromatic N) is 1. The SMILES string of the molecule is CC(C)(C)C[C@H](N[C@@H](c1ccc(Br)cc1)C(F)(F)F)C(=O)NC1(C#N)CC1. The van der Waals surface area contributed by atoms with Crippen LogP contribution >= 0.6 is 15.9 Å². The van der Waals surface area contributed by atoms with Crippen molar-refractivity contribution in [2.24, 2.45) is 5.41 Å². The van der Waals surface area contributed by atoms with Crippen molar-refractivity contribution in [3.8, 4) is 6.07 Å². The molecule has 2 rings (SSSR count). The highest BCUT2D eigenvalue weighted by molar-refractivity contribution is 9.10. The molecule has 1 fully saturated rings. The highest BCUT2D eigenvalue weighted by Crippen LogP contribution is 2.37. The number of amides is 1. The normalized spacial score (nSPS) is 18.3. The lowest BCUT2D eigenvalue weighted by Crippen LogP contribution is -2.52. The van der Waals surface area contributed by atoms with Crippen LogP contribution in [0.3, 0.4) is 0 Å². The first kappa shape index (κ1) is 21.7. The van der Waals surface area contributed by atoms with Crippen LogP contribution < -0.4 is 10.6 Å². The Bertz CT molecular complexity index is 716. The van der Waals surface area contributed by atoms with Crippen molar-refractivity contribution in [3.05, 3.63) is 34.3 Å². The molecule has 1 amide bonds. The summed E-state index contributed by atoms with van der Waals surface area (Å²) in [5.74, 6) is -0.574. The third-order valence-electron chi connectivity index (χ3n) is 4.36. The number of benzene rings is 1. The van der Waals surface area contributed by atoms with E-state index >= 15 is 0 Å². The highest BCUT2D eigenvalue weighted by Gasteiger charge is 2.48. The summed E-state index contributed by atoms with van der Waals surface area (Å²) in [7, 11) is 0. The molecule has 1 aromatic carbocycles. The van der Waals surface area contributed by atoms with Crippen molar-refractivity contribution in [1.29, 1.82) is 5.26 Å². The van der Waals surface area contributed by atoms with E-state index in [1.165, 1.54) is 24.3 Å². The minimum atomic E-state index is -4.57. The number of nitrogens with one attached hydrogen (secondary N) is 2. The molecule has 0 heterocycles. The first-order valence-electron chi connectivity index (χ1n) is 8.67. The standard InChI is InChI=1S/C19H23BrF3N3O/c1-17(2,3)10-14(16(27)26-18(11-24)8-9-18)25-15(19(21,22)23)12-4-6-13(20)7-5-12/h4-7,14-15,25H,8-10H2,1-3H3,(H,26,27)/t14-,15-/m0/s1. The molecule has 0 spiro atoms. The predicted octanol–water partition coefficient (Wildman–Crippen LogP) is 4.62. The van der Waals surface area contributed by atoms with Gasteiger partial charge in [-0.3, -0.25) is 10.1 Å². The summed E-state index contributed by atoms with van der Waals surface area (Å²) < 4.78 is 41.8. The highest BCUT2D eigenvalue weighted by atomic mass is 79.9. The van der Waals surface area contributed by atoms with Gasteiger partial charge in [-0.05, 0) is 42.4 Å². The molecule has 4 nitrogen and oxygen atoms in total. The van der Waals surface area contributed by atoms with Crippen molar-refractivity contribution in [3.63, 3.8) is 0 Å². The molecule has 2 atom stereocenters. The van der Waals surface area contributed by atoms with Crippen molar-refractivity contribution in [2.75, 3.05) is 0 Å². The third-order valence-corrected chi connectivity index (χ3v) is 4.89. The fourth-order valence-corrected chi connectivity index (χ4v) is 3.05. The molecular weight excluding hydrogens is 423 g/mol. The topological polar surface area (TPSA) is 64.9 Å². The Balaban J connectivity index is 2.28. The van der Waals surface area contributed by atoms with Crippen LogP contribution in [0.15, 0.2) is 28.7 Å². The lowest BCUT2D eigenvalue weighted by molar-refractivity contribution is -0.161. The minimum Gasteiger partial charge on any atom is -0.336 e. The second kappa shape index (κ2) is 7.80. The summed E-state index contributed by atoms with van der Waals surface area (Å²) in [5.41, 5.74) is -1.28. The van der Waals surface area contributed by atoms with Gasteiger partial charge in [0.25, 0.3) is 0 Å². The third kappa shape index (κ3) is 6.22. The van der Waals surface area contributed by atoms with E-state index in [-0.39, 0.29) is 17.4 Å². The molecule has 0 bridgehead atoms. The molecule has 0 aliphatic heterocycles. The maximum absolute atomic E-state index is 13.7. The zero-order valence-corrected chi connectivity index (χ0v) is 17.0. The smallest absolute Gasteiger partial charge is 0.336 e. The lowest BCUT2D eigenvalue weighted by atomic mass is 9.87. The number of carbonyl (C=O) groups is 1. The summed E-state index contributed by atoms with van der Waals surface area (Å²) in [6, 6.07) is 4.78. The second-order valence-electron chi connectivity index (χ2n) is 8.19. The molecule has 8 heteroatoms. The Morgan fingerprint density at radius 2 is 1.81 bits per heavy atom. The molecular formula is C19H23BrF3N3O. The zero-order chi connectivity index (χ0) is 20.5. The largest absolute Gasteiger partial charge is 0.407 e. The number of nitriles is 1. The van der Waals surface area contributed by atoms with Gasteiger partial charge in [-0.25, -0.2) is 0 Å². The number of hydrogen-bond donors (Lipinski definition) is 2. The van der Waals surface area contributed by atoms with Gasteiger partial charge in [0.2, 0.25) is 5.91 Å². The zero-order valence-electron chi connectivity index (χ0n) is 15.5. The van der Waals surface area contributed by atoms with Gasteiger partial charge in [-0.2, -0.15) is 18.4 Å². The van der Waals surface area contributed by atoms with Gasteiger partial charge in [0.1, 0.15) is 11.6 Å². The summed E-state index contributed by atoms with van der Waals surface area (Å²) >= 11 is 3.21. The molecule has 1 aliphatic carbocycles.